The number of hydrogen-bond acceptors (Lipinski definition) is 7. The average Bonchev–Trinajstić information content (AvgIpc) is 3.12. The molecule has 0 saturated heterocycles. The maximum absolute atomic E-state index is 12.2. The van der Waals surface area contributed by atoms with Crippen LogP contribution in [0.4, 0.5) is 0 Å². The quantitative estimate of drug-likeness (QED) is 0.508. The molecule has 9 heteroatoms. The Kier molecular flexibility index (Phi) is 5.03. The van der Waals surface area contributed by atoms with Crippen LogP contribution in [0.25, 0.3) is 33.6 Å². The van der Waals surface area contributed by atoms with Gasteiger partial charge in [-0.15, -0.1) is 0 Å². The Labute approximate surface area is 178 Å². The number of aliphatic hydroxyl groups is 1. The van der Waals surface area contributed by atoms with Crippen molar-refractivity contribution in [1.29, 1.82) is 0 Å². The molecule has 4 rings (SSSR count). The number of sulfone groups is 1. The molecule has 0 radical (unpaired) electrons. The minimum Gasteiger partial charge on any atom is -0.454 e. The normalized spacial score (nSPS) is 12.4. The predicted molar refractivity (Wildman–Crippen MR) is 116 cm³/mol. The van der Waals surface area contributed by atoms with Crippen LogP contribution in [0.2, 0.25) is 0 Å². The Morgan fingerprint density at radius 3 is 2.52 bits per heavy atom. The van der Waals surface area contributed by atoms with Crippen molar-refractivity contribution in [2.75, 3.05) is 6.26 Å². The summed E-state index contributed by atoms with van der Waals surface area (Å²) in [4.78, 5) is 20.4. The van der Waals surface area contributed by atoms with E-state index in [2.05, 4.69) is 9.97 Å². The Morgan fingerprint density at radius 1 is 1.06 bits per heavy atom. The van der Waals surface area contributed by atoms with E-state index < -0.39 is 15.4 Å². The highest BCUT2D eigenvalue weighted by molar-refractivity contribution is 7.90. The molecule has 4 heterocycles. The molecule has 0 amide bonds. The predicted octanol–water partition coefficient (Wildman–Crippen LogP) is 2.89. The summed E-state index contributed by atoms with van der Waals surface area (Å²) in [6.07, 6.45) is 5.79. The van der Waals surface area contributed by atoms with E-state index in [1.807, 2.05) is 0 Å². The van der Waals surface area contributed by atoms with Gasteiger partial charge in [0.25, 0.3) is 5.56 Å². The molecule has 0 atom stereocenters. The second-order valence-electron chi connectivity index (χ2n) is 8.03. The van der Waals surface area contributed by atoms with Crippen LogP contribution in [0.3, 0.4) is 0 Å². The van der Waals surface area contributed by atoms with Gasteiger partial charge in [-0.25, -0.2) is 13.4 Å². The second kappa shape index (κ2) is 7.44. The van der Waals surface area contributed by atoms with Crippen molar-refractivity contribution >= 4 is 20.9 Å². The number of furan rings is 1. The molecule has 0 aliphatic carbocycles. The van der Waals surface area contributed by atoms with E-state index in [9.17, 15) is 18.3 Å². The lowest BCUT2D eigenvalue weighted by molar-refractivity contribution is 0.0605. The molecular formula is C22H21N3O5S. The third kappa shape index (κ3) is 4.42. The van der Waals surface area contributed by atoms with Crippen LogP contribution in [0, 0.1) is 0 Å². The lowest BCUT2D eigenvalue weighted by Crippen LogP contribution is -2.32. The topological polar surface area (TPSA) is 115 Å². The third-order valence-electron chi connectivity index (χ3n) is 4.66. The monoisotopic (exact) mass is 439 g/mol. The fraction of sp³-hybridized carbons (Fsp3) is 0.227. The summed E-state index contributed by atoms with van der Waals surface area (Å²) >= 11 is 0. The van der Waals surface area contributed by atoms with E-state index in [-0.39, 0.29) is 17.1 Å². The first-order valence-electron chi connectivity index (χ1n) is 9.49. The summed E-state index contributed by atoms with van der Waals surface area (Å²) in [6.45, 7) is 3.39. The molecule has 0 spiro atoms. The van der Waals surface area contributed by atoms with Gasteiger partial charge in [0.05, 0.1) is 12.1 Å². The number of nitrogens with zero attached hydrogens (tertiary/aromatic N) is 3. The summed E-state index contributed by atoms with van der Waals surface area (Å²) in [7, 11) is -3.46. The van der Waals surface area contributed by atoms with Gasteiger partial charge in [-0.05, 0) is 43.7 Å². The first-order chi connectivity index (χ1) is 14.5. The van der Waals surface area contributed by atoms with Gasteiger partial charge in [0.1, 0.15) is 11.3 Å². The molecule has 0 unspecified atom stereocenters. The molecule has 31 heavy (non-hydrogen) atoms. The molecule has 8 nitrogen and oxygen atoms in total. The van der Waals surface area contributed by atoms with Crippen molar-refractivity contribution in [2.24, 2.45) is 0 Å². The first kappa shape index (κ1) is 21.0. The molecule has 4 aromatic heterocycles. The van der Waals surface area contributed by atoms with Crippen molar-refractivity contribution in [3.8, 4) is 22.5 Å². The summed E-state index contributed by atoms with van der Waals surface area (Å²) in [6, 6.07) is 9.77. The molecule has 0 bridgehead atoms. The van der Waals surface area contributed by atoms with Crippen LogP contribution < -0.4 is 5.56 Å². The molecule has 0 aliphatic rings. The van der Waals surface area contributed by atoms with Gasteiger partial charge in [-0.3, -0.25) is 9.78 Å². The van der Waals surface area contributed by atoms with Crippen molar-refractivity contribution in [1.82, 2.24) is 14.5 Å². The van der Waals surface area contributed by atoms with E-state index in [1.165, 1.54) is 22.9 Å². The largest absolute Gasteiger partial charge is 0.454 e. The van der Waals surface area contributed by atoms with Gasteiger partial charge in [0.2, 0.25) is 0 Å². The number of fused-ring (bicyclic) bond motifs is 1. The molecule has 4 aromatic rings. The maximum atomic E-state index is 12.2. The van der Waals surface area contributed by atoms with Crippen molar-refractivity contribution < 1.29 is 17.9 Å². The van der Waals surface area contributed by atoms with Crippen molar-refractivity contribution in [3.05, 3.63) is 65.3 Å². The average molecular weight is 439 g/mol. The summed E-state index contributed by atoms with van der Waals surface area (Å²) in [5.74, 6) is 0.497. The highest BCUT2D eigenvalue weighted by Crippen LogP contribution is 2.33. The summed E-state index contributed by atoms with van der Waals surface area (Å²) in [5, 5.41) is 10.0. The molecule has 0 fully saturated rings. The van der Waals surface area contributed by atoms with Crippen LogP contribution in [0.5, 0.6) is 0 Å². The van der Waals surface area contributed by atoms with Crippen LogP contribution in [0.15, 0.2) is 69.2 Å². The summed E-state index contributed by atoms with van der Waals surface area (Å²) < 4.78 is 31.3. The lowest BCUT2D eigenvalue weighted by atomic mass is 10.1. The van der Waals surface area contributed by atoms with E-state index in [0.29, 0.717) is 33.6 Å². The first-order valence-corrected chi connectivity index (χ1v) is 11.4. The molecular weight excluding hydrogens is 418 g/mol. The SMILES string of the molecule is CC(C)(O)Cn1cc(-c2cc3nccc(-c4ccnc(S(C)(=O)=O)c4)c3o2)ccc1=O. The fourth-order valence-electron chi connectivity index (χ4n) is 3.30. The summed E-state index contributed by atoms with van der Waals surface area (Å²) in [5.41, 5.74) is 1.76. The van der Waals surface area contributed by atoms with Gasteiger partial charge in [0, 0.05) is 48.1 Å². The van der Waals surface area contributed by atoms with Crippen LogP contribution in [-0.2, 0) is 16.4 Å². The van der Waals surface area contributed by atoms with Crippen LogP contribution in [-0.4, -0.2) is 39.9 Å². The second-order valence-corrected chi connectivity index (χ2v) is 10.00. The van der Waals surface area contributed by atoms with E-state index >= 15 is 0 Å². The minimum absolute atomic E-state index is 0.0274. The number of aromatic nitrogens is 3. The molecule has 0 aliphatic heterocycles. The van der Waals surface area contributed by atoms with Crippen LogP contribution in [0.1, 0.15) is 13.8 Å². The smallest absolute Gasteiger partial charge is 0.250 e. The van der Waals surface area contributed by atoms with Gasteiger partial charge in [-0.1, -0.05) is 0 Å². The number of rotatable bonds is 5. The fourth-order valence-corrected chi connectivity index (χ4v) is 3.90. The minimum atomic E-state index is -3.46. The van der Waals surface area contributed by atoms with E-state index in [4.69, 9.17) is 4.42 Å². The van der Waals surface area contributed by atoms with Crippen LogP contribution >= 0.6 is 0 Å². The zero-order valence-electron chi connectivity index (χ0n) is 17.2. The van der Waals surface area contributed by atoms with E-state index in [0.717, 1.165) is 6.26 Å². The Bertz CT molecular complexity index is 1450. The van der Waals surface area contributed by atoms with Gasteiger partial charge >= 0.3 is 0 Å². The Hall–Kier alpha value is -3.30. The van der Waals surface area contributed by atoms with Gasteiger partial charge in [-0.2, -0.15) is 0 Å². The molecule has 1 N–H and O–H groups in total. The van der Waals surface area contributed by atoms with Crippen molar-refractivity contribution in [3.63, 3.8) is 0 Å². The number of hydrogen-bond donors (Lipinski definition) is 1. The van der Waals surface area contributed by atoms with E-state index in [1.54, 1.807) is 50.5 Å². The molecule has 0 aromatic carbocycles. The van der Waals surface area contributed by atoms with Gasteiger partial charge in [0.15, 0.2) is 20.4 Å². The highest BCUT2D eigenvalue weighted by Gasteiger charge is 2.18. The Morgan fingerprint density at radius 2 is 1.81 bits per heavy atom. The zero-order valence-corrected chi connectivity index (χ0v) is 18.0. The number of pyridine rings is 3. The maximum Gasteiger partial charge on any atom is 0.250 e. The lowest BCUT2D eigenvalue weighted by Gasteiger charge is -2.18. The molecule has 0 saturated carbocycles. The van der Waals surface area contributed by atoms with Crippen molar-refractivity contribution in [2.45, 2.75) is 31.0 Å². The molecule has 160 valence electrons. The standard InChI is InChI=1S/C22H21N3O5S/c1-22(2,27)13-25-12-15(4-5-20(25)26)18-11-17-21(30-18)16(7-9-23-17)14-6-8-24-19(10-14)31(3,28)29/h4-12,27H,13H2,1-3H3. The Balaban J connectivity index is 1.83. The van der Waals surface area contributed by atoms with Gasteiger partial charge < -0.3 is 14.1 Å². The highest BCUT2D eigenvalue weighted by atomic mass is 32.2. The zero-order chi connectivity index (χ0) is 22.4. The third-order valence-corrected chi connectivity index (χ3v) is 5.65.